The third kappa shape index (κ3) is 4.90. The zero-order valence-electron chi connectivity index (χ0n) is 8.49. The minimum absolute atomic E-state index is 0.164. The highest BCUT2D eigenvalue weighted by Gasteiger charge is 2.26. The molecule has 0 aromatic rings. The van der Waals surface area contributed by atoms with Crippen molar-refractivity contribution < 1.29 is 8.42 Å². The predicted molar refractivity (Wildman–Crippen MR) is 55.9 cm³/mol. The van der Waals surface area contributed by atoms with Gasteiger partial charge in [0.15, 0.2) is 0 Å². The molecule has 14 heavy (non-hydrogen) atoms. The monoisotopic (exact) mass is 221 g/mol. The molecule has 1 fully saturated rings. The average molecular weight is 221 g/mol. The standard InChI is InChI=1S/C8H19N3O2S/c1-7(4-5-9)6-10-14(12,13)11-8-2-3-8/h7-8,10-11H,2-6,9H2,1H3. The van der Waals surface area contributed by atoms with Crippen LogP contribution in [-0.4, -0.2) is 27.5 Å². The van der Waals surface area contributed by atoms with Crippen molar-refractivity contribution in [3.05, 3.63) is 0 Å². The highest BCUT2D eigenvalue weighted by molar-refractivity contribution is 7.87. The summed E-state index contributed by atoms with van der Waals surface area (Å²) in [5.74, 6) is 0.288. The van der Waals surface area contributed by atoms with E-state index in [-0.39, 0.29) is 12.0 Å². The van der Waals surface area contributed by atoms with Crippen LogP contribution < -0.4 is 15.2 Å². The molecule has 5 nitrogen and oxygen atoms in total. The first-order valence-corrected chi connectivity index (χ1v) is 6.49. The maximum Gasteiger partial charge on any atom is 0.277 e. The molecule has 1 unspecified atom stereocenters. The van der Waals surface area contributed by atoms with Gasteiger partial charge in [0.1, 0.15) is 0 Å². The van der Waals surface area contributed by atoms with Crippen molar-refractivity contribution in [1.82, 2.24) is 9.44 Å². The van der Waals surface area contributed by atoms with E-state index in [1.807, 2.05) is 6.92 Å². The second-order valence-electron chi connectivity index (χ2n) is 3.93. The molecule has 6 heteroatoms. The average Bonchev–Trinajstić information content (AvgIpc) is 2.85. The number of rotatable bonds is 7. The van der Waals surface area contributed by atoms with Crippen LogP contribution in [0.2, 0.25) is 0 Å². The molecule has 0 bridgehead atoms. The SMILES string of the molecule is CC(CCN)CNS(=O)(=O)NC1CC1. The van der Waals surface area contributed by atoms with Gasteiger partial charge in [-0.1, -0.05) is 6.92 Å². The van der Waals surface area contributed by atoms with Crippen molar-refractivity contribution in [3.63, 3.8) is 0 Å². The fourth-order valence-corrected chi connectivity index (χ4v) is 2.36. The summed E-state index contributed by atoms with van der Waals surface area (Å²) in [6, 6.07) is 0.164. The Hall–Kier alpha value is -0.170. The highest BCUT2D eigenvalue weighted by atomic mass is 32.2. The van der Waals surface area contributed by atoms with Gasteiger partial charge in [-0.25, -0.2) is 4.72 Å². The van der Waals surface area contributed by atoms with Gasteiger partial charge in [0, 0.05) is 12.6 Å². The van der Waals surface area contributed by atoms with E-state index < -0.39 is 10.2 Å². The smallest absolute Gasteiger partial charge is 0.277 e. The first kappa shape index (κ1) is 11.9. The molecule has 0 aromatic carbocycles. The van der Waals surface area contributed by atoms with Crippen molar-refractivity contribution in [2.45, 2.75) is 32.2 Å². The topological polar surface area (TPSA) is 84.2 Å². The lowest BCUT2D eigenvalue weighted by Crippen LogP contribution is -2.40. The van der Waals surface area contributed by atoms with Crippen LogP contribution in [0.5, 0.6) is 0 Å². The summed E-state index contributed by atoms with van der Waals surface area (Å²) in [6.07, 6.45) is 2.75. The molecule has 1 saturated carbocycles. The van der Waals surface area contributed by atoms with Crippen molar-refractivity contribution in [2.75, 3.05) is 13.1 Å². The normalized spacial score (nSPS) is 19.6. The van der Waals surface area contributed by atoms with E-state index in [4.69, 9.17) is 5.73 Å². The van der Waals surface area contributed by atoms with Gasteiger partial charge in [-0.3, -0.25) is 0 Å². The van der Waals surface area contributed by atoms with E-state index in [2.05, 4.69) is 9.44 Å². The number of nitrogens with two attached hydrogens (primary N) is 1. The van der Waals surface area contributed by atoms with Crippen LogP contribution in [-0.2, 0) is 10.2 Å². The second-order valence-corrected chi connectivity index (χ2v) is 5.46. The van der Waals surface area contributed by atoms with Gasteiger partial charge >= 0.3 is 0 Å². The quantitative estimate of drug-likeness (QED) is 0.545. The first-order chi connectivity index (χ1) is 6.53. The zero-order chi connectivity index (χ0) is 10.6. The van der Waals surface area contributed by atoms with Crippen LogP contribution >= 0.6 is 0 Å². The van der Waals surface area contributed by atoms with E-state index >= 15 is 0 Å². The summed E-state index contributed by atoms with van der Waals surface area (Å²) < 4.78 is 27.8. The summed E-state index contributed by atoms with van der Waals surface area (Å²) in [5, 5.41) is 0. The lowest BCUT2D eigenvalue weighted by molar-refractivity contribution is 0.509. The fourth-order valence-electron chi connectivity index (χ4n) is 1.10. The minimum Gasteiger partial charge on any atom is -0.330 e. The second kappa shape index (κ2) is 5.06. The molecule has 0 aromatic heterocycles. The summed E-state index contributed by atoms with van der Waals surface area (Å²) in [5.41, 5.74) is 5.37. The van der Waals surface area contributed by atoms with E-state index in [9.17, 15) is 8.42 Å². The van der Waals surface area contributed by atoms with Crippen LogP contribution in [0.1, 0.15) is 26.2 Å². The van der Waals surface area contributed by atoms with Crippen LogP contribution in [0.15, 0.2) is 0 Å². The summed E-state index contributed by atoms with van der Waals surface area (Å²) >= 11 is 0. The summed E-state index contributed by atoms with van der Waals surface area (Å²) in [6.45, 7) is 3.03. The zero-order valence-corrected chi connectivity index (χ0v) is 9.31. The van der Waals surface area contributed by atoms with Crippen LogP contribution in [0.25, 0.3) is 0 Å². The van der Waals surface area contributed by atoms with Gasteiger partial charge < -0.3 is 5.73 Å². The van der Waals surface area contributed by atoms with Gasteiger partial charge in [-0.15, -0.1) is 0 Å². The molecule has 0 radical (unpaired) electrons. The van der Waals surface area contributed by atoms with Gasteiger partial charge in [0.2, 0.25) is 0 Å². The molecule has 1 rings (SSSR count). The first-order valence-electron chi connectivity index (χ1n) is 5.00. The molecule has 84 valence electrons. The lowest BCUT2D eigenvalue weighted by atomic mass is 10.1. The predicted octanol–water partition coefficient (Wildman–Crippen LogP) is -0.442. The van der Waals surface area contributed by atoms with Crippen molar-refractivity contribution in [3.8, 4) is 0 Å². The molecule has 0 aliphatic heterocycles. The third-order valence-electron chi connectivity index (χ3n) is 2.18. The van der Waals surface area contributed by atoms with Gasteiger partial charge in [-0.05, 0) is 31.7 Å². The largest absolute Gasteiger partial charge is 0.330 e. The Balaban J connectivity index is 2.20. The Bertz CT molecular complexity index is 262. The number of hydrogen-bond acceptors (Lipinski definition) is 3. The van der Waals surface area contributed by atoms with Crippen molar-refractivity contribution in [2.24, 2.45) is 11.7 Å². The van der Waals surface area contributed by atoms with Crippen molar-refractivity contribution in [1.29, 1.82) is 0 Å². The van der Waals surface area contributed by atoms with E-state index in [1.165, 1.54) is 0 Å². The summed E-state index contributed by atoms with van der Waals surface area (Å²) in [7, 11) is -3.27. The molecule has 1 aliphatic rings. The number of nitrogens with one attached hydrogen (secondary N) is 2. The Morgan fingerprint density at radius 3 is 2.64 bits per heavy atom. The molecule has 0 saturated heterocycles. The lowest BCUT2D eigenvalue weighted by Gasteiger charge is -2.11. The summed E-state index contributed by atoms with van der Waals surface area (Å²) in [4.78, 5) is 0. The fraction of sp³-hybridized carbons (Fsp3) is 1.00. The van der Waals surface area contributed by atoms with E-state index in [0.29, 0.717) is 13.1 Å². The molecule has 1 aliphatic carbocycles. The third-order valence-corrected chi connectivity index (χ3v) is 3.37. The van der Waals surface area contributed by atoms with E-state index in [0.717, 1.165) is 19.3 Å². The molecule has 1 atom stereocenters. The van der Waals surface area contributed by atoms with E-state index in [1.54, 1.807) is 0 Å². The van der Waals surface area contributed by atoms with Gasteiger partial charge in [0.05, 0.1) is 0 Å². The Labute approximate surface area is 85.6 Å². The molecule has 0 heterocycles. The Morgan fingerprint density at radius 2 is 2.14 bits per heavy atom. The van der Waals surface area contributed by atoms with Gasteiger partial charge in [0.25, 0.3) is 10.2 Å². The highest BCUT2D eigenvalue weighted by Crippen LogP contribution is 2.19. The van der Waals surface area contributed by atoms with Crippen LogP contribution in [0.3, 0.4) is 0 Å². The molecule has 0 amide bonds. The molecule has 0 spiro atoms. The Kier molecular flexibility index (Phi) is 4.31. The molecular formula is C8H19N3O2S. The van der Waals surface area contributed by atoms with Crippen molar-refractivity contribution >= 4 is 10.2 Å². The van der Waals surface area contributed by atoms with Gasteiger partial charge in [-0.2, -0.15) is 13.1 Å². The maximum atomic E-state index is 11.3. The maximum absolute atomic E-state index is 11.3. The molecule has 4 N–H and O–H groups in total. The molecular weight excluding hydrogens is 202 g/mol. The van der Waals surface area contributed by atoms with Crippen LogP contribution in [0, 0.1) is 5.92 Å². The van der Waals surface area contributed by atoms with Crippen LogP contribution in [0.4, 0.5) is 0 Å². The number of hydrogen-bond donors (Lipinski definition) is 3. The Morgan fingerprint density at radius 1 is 1.50 bits per heavy atom. The minimum atomic E-state index is -3.27.